The number of benzene rings is 2. The van der Waals surface area contributed by atoms with Crippen LogP contribution in [0.15, 0.2) is 42.5 Å². The van der Waals surface area contributed by atoms with E-state index in [9.17, 15) is 27.6 Å². The fourth-order valence-electron chi connectivity index (χ4n) is 3.23. The van der Waals surface area contributed by atoms with Gasteiger partial charge in [0.2, 0.25) is 0 Å². The van der Waals surface area contributed by atoms with E-state index in [1.807, 2.05) is 5.32 Å². The molecule has 1 saturated heterocycles. The van der Waals surface area contributed by atoms with Crippen molar-refractivity contribution in [2.75, 3.05) is 25.0 Å². The third kappa shape index (κ3) is 5.16. The van der Waals surface area contributed by atoms with Crippen molar-refractivity contribution in [3.05, 3.63) is 65.5 Å². The minimum Gasteiger partial charge on any atom is -0.348 e. The van der Waals surface area contributed by atoms with E-state index in [-0.39, 0.29) is 23.9 Å². The third-order valence-electron chi connectivity index (χ3n) is 4.94. The molecule has 3 amide bonds. The number of nitrogens with one attached hydrogen (secondary N) is 2. The molecule has 0 saturated carbocycles. The molecule has 2 aromatic carbocycles. The molecule has 1 aliphatic heterocycles. The normalized spacial score (nSPS) is 14.3. The SMILES string of the molecule is O=C(NCC1CCN(C(=O)c2ccccc2F)CC1)C(=O)Nc1cc(F)ccc1F. The Hall–Kier alpha value is -3.36. The van der Waals surface area contributed by atoms with Gasteiger partial charge in [0, 0.05) is 25.7 Å². The summed E-state index contributed by atoms with van der Waals surface area (Å²) < 4.78 is 40.5. The Morgan fingerprint density at radius 1 is 0.933 bits per heavy atom. The number of nitrogens with zero attached hydrogens (tertiary/aromatic N) is 1. The number of halogens is 3. The molecule has 3 rings (SSSR count). The van der Waals surface area contributed by atoms with Crippen LogP contribution in [-0.4, -0.2) is 42.3 Å². The van der Waals surface area contributed by atoms with Crippen LogP contribution >= 0.6 is 0 Å². The maximum atomic E-state index is 13.8. The highest BCUT2D eigenvalue weighted by Crippen LogP contribution is 2.20. The second-order valence-electron chi connectivity index (χ2n) is 7.00. The van der Waals surface area contributed by atoms with Crippen LogP contribution in [-0.2, 0) is 9.59 Å². The fourth-order valence-corrected chi connectivity index (χ4v) is 3.23. The quantitative estimate of drug-likeness (QED) is 0.748. The first-order chi connectivity index (χ1) is 14.3. The van der Waals surface area contributed by atoms with E-state index in [1.165, 1.54) is 18.2 Å². The Bertz CT molecular complexity index is 960. The Balaban J connectivity index is 1.45. The van der Waals surface area contributed by atoms with E-state index >= 15 is 0 Å². The summed E-state index contributed by atoms with van der Waals surface area (Å²) in [5.74, 6) is -4.61. The van der Waals surface area contributed by atoms with Gasteiger partial charge in [-0.3, -0.25) is 14.4 Å². The van der Waals surface area contributed by atoms with E-state index in [1.54, 1.807) is 11.0 Å². The average molecular weight is 419 g/mol. The van der Waals surface area contributed by atoms with Crippen molar-refractivity contribution < 1.29 is 27.6 Å². The van der Waals surface area contributed by atoms with Crippen molar-refractivity contribution >= 4 is 23.4 Å². The van der Waals surface area contributed by atoms with Crippen LogP contribution < -0.4 is 10.6 Å². The molecule has 2 N–H and O–H groups in total. The molecule has 6 nitrogen and oxygen atoms in total. The van der Waals surface area contributed by atoms with Crippen LogP contribution in [0.2, 0.25) is 0 Å². The summed E-state index contributed by atoms with van der Waals surface area (Å²) in [7, 11) is 0. The molecule has 0 aliphatic carbocycles. The second kappa shape index (κ2) is 9.43. The number of carbonyl (C=O) groups excluding carboxylic acids is 3. The molecular formula is C21H20F3N3O3. The van der Waals surface area contributed by atoms with Gasteiger partial charge in [0.25, 0.3) is 5.91 Å². The molecule has 0 bridgehead atoms. The monoisotopic (exact) mass is 419 g/mol. The highest BCUT2D eigenvalue weighted by molar-refractivity contribution is 6.39. The van der Waals surface area contributed by atoms with Crippen LogP contribution in [0.1, 0.15) is 23.2 Å². The lowest BCUT2D eigenvalue weighted by molar-refractivity contribution is -0.136. The predicted octanol–water partition coefficient (Wildman–Crippen LogP) is 2.71. The molecule has 0 spiro atoms. The van der Waals surface area contributed by atoms with Gasteiger partial charge in [0.1, 0.15) is 17.5 Å². The minimum absolute atomic E-state index is 0.0190. The molecule has 1 fully saturated rings. The summed E-state index contributed by atoms with van der Waals surface area (Å²) in [5.41, 5.74) is -0.402. The summed E-state index contributed by atoms with van der Waals surface area (Å²) >= 11 is 0. The Morgan fingerprint density at radius 2 is 1.63 bits per heavy atom. The van der Waals surface area contributed by atoms with Crippen LogP contribution in [0.5, 0.6) is 0 Å². The van der Waals surface area contributed by atoms with E-state index in [0.717, 1.165) is 18.2 Å². The van der Waals surface area contributed by atoms with Gasteiger partial charge in [-0.25, -0.2) is 13.2 Å². The Kier molecular flexibility index (Phi) is 6.71. The number of rotatable bonds is 4. The molecule has 2 aromatic rings. The van der Waals surface area contributed by atoms with Gasteiger partial charge >= 0.3 is 11.8 Å². The summed E-state index contributed by atoms with van der Waals surface area (Å²) in [6, 6.07) is 8.30. The largest absolute Gasteiger partial charge is 0.348 e. The number of piperidine rings is 1. The number of carbonyl (C=O) groups is 3. The standard InChI is InChI=1S/C21H20F3N3O3/c22-14-5-6-17(24)18(11-14)26-20(29)19(28)25-12-13-7-9-27(10-8-13)21(30)15-3-1-2-4-16(15)23/h1-6,11,13H,7-10,12H2,(H,25,28)(H,26,29). The summed E-state index contributed by atoms with van der Waals surface area (Å²) in [5, 5.41) is 4.49. The van der Waals surface area contributed by atoms with Crippen molar-refractivity contribution in [1.82, 2.24) is 10.2 Å². The first kappa shape index (κ1) is 21.4. The highest BCUT2D eigenvalue weighted by atomic mass is 19.1. The van der Waals surface area contributed by atoms with Crippen LogP contribution in [0.25, 0.3) is 0 Å². The van der Waals surface area contributed by atoms with Gasteiger partial charge in [0.05, 0.1) is 11.3 Å². The van der Waals surface area contributed by atoms with Crippen LogP contribution in [0, 0.1) is 23.4 Å². The first-order valence-electron chi connectivity index (χ1n) is 9.43. The molecule has 158 valence electrons. The van der Waals surface area contributed by atoms with Crippen molar-refractivity contribution in [3.8, 4) is 0 Å². The molecular weight excluding hydrogens is 399 g/mol. The van der Waals surface area contributed by atoms with Gasteiger partial charge < -0.3 is 15.5 Å². The minimum atomic E-state index is -1.10. The number of hydrogen-bond donors (Lipinski definition) is 2. The zero-order valence-corrected chi connectivity index (χ0v) is 16.0. The summed E-state index contributed by atoms with van der Waals surface area (Å²) in [6.45, 7) is 0.989. The van der Waals surface area contributed by atoms with E-state index in [0.29, 0.717) is 25.9 Å². The van der Waals surface area contributed by atoms with Crippen molar-refractivity contribution in [1.29, 1.82) is 0 Å². The Morgan fingerprint density at radius 3 is 2.33 bits per heavy atom. The second-order valence-corrected chi connectivity index (χ2v) is 7.00. The van der Waals surface area contributed by atoms with Gasteiger partial charge in [-0.2, -0.15) is 0 Å². The lowest BCUT2D eigenvalue weighted by Gasteiger charge is -2.32. The van der Waals surface area contributed by atoms with Gasteiger partial charge in [-0.15, -0.1) is 0 Å². The molecule has 1 aliphatic rings. The third-order valence-corrected chi connectivity index (χ3v) is 4.94. The Labute approximate surface area is 171 Å². The smallest absolute Gasteiger partial charge is 0.313 e. The maximum Gasteiger partial charge on any atom is 0.313 e. The average Bonchev–Trinajstić information content (AvgIpc) is 2.74. The van der Waals surface area contributed by atoms with Gasteiger partial charge in [-0.1, -0.05) is 12.1 Å². The number of amides is 3. The zero-order chi connectivity index (χ0) is 21.7. The van der Waals surface area contributed by atoms with Crippen molar-refractivity contribution in [2.24, 2.45) is 5.92 Å². The van der Waals surface area contributed by atoms with Crippen molar-refractivity contribution in [2.45, 2.75) is 12.8 Å². The molecule has 1 heterocycles. The first-order valence-corrected chi connectivity index (χ1v) is 9.43. The van der Waals surface area contributed by atoms with E-state index < -0.39 is 35.0 Å². The molecule has 9 heteroatoms. The maximum absolute atomic E-state index is 13.8. The summed E-state index contributed by atoms with van der Waals surface area (Å²) in [4.78, 5) is 37.8. The zero-order valence-electron chi connectivity index (χ0n) is 16.0. The lowest BCUT2D eigenvalue weighted by atomic mass is 9.96. The summed E-state index contributed by atoms with van der Waals surface area (Å²) in [6.07, 6.45) is 1.14. The van der Waals surface area contributed by atoms with E-state index in [4.69, 9.17) is 0 Å². The lowest BCUT2D eigenvalue weighted by Crippen LogP contribution is -2.43. The molecule has 0 unspecified atom stereocenters. The van der Waals surface area contributed by atoms with E-state index in [2.05, 4.69) is 5.32 Å². The van der Waals surface area contributed by atoms with Crippen LogP contribution in [0.4, 0.5) is 18.9 Å². The molecule has 0 radical (unpaired) electrons. The van der Waals surface area contributed by atoms with Crippen LogP contribution in [0.3, 0.4) is 0 Å². The molecule has 0 aromatic heterocycles. The van der Waals surface area contributed by atoms with Gasteiger partial charge in [-0.05, 0) is 43.0 Å². The predicted molar refractivity (Wildman–Crippen MR) is 103 cm³/mol. The molecule has 0 atom stereocenters. The highest BCUT2D eigenvalue weighted by Gasteiger charge is 2.26. The number of anilines is 1. The van der Waals surface area contributed by atoms with Gasteiger partial charge in [0.15, 0.2) is 0 Å². The van der Waals surface area contributed by atoms with Crippen molar-refractivity contribution in [3.63, 3.8) is 0 Å². The molecule has 30 heavy (non-hydrogen) atoms. The number of likely N-dealkylation sites (tertiary alicyclic amines) is 1. The fraction of sp³-hybridized carbons (Fsp3) is 0.286. The number of hydrogen-bond acceptors (Lipinski definition) is 3. The topological polar surface area (TPSA) is 78.5 Å².